The van der Waals surface area contributed by atoms with Gasteiger partial charge in [0.2, 0.25) is 0 Å². The fourth-order valence-electron chi connectivity index (χ4n) is 3.08. The van der Waals surface area contributed by atoms with Crippen LogP contribution in [-0.2, 0) is 17.6 Å². The van der Waals surface area contributed by atoms with Crippen molar-refractivity contribution >= 4 is 34.6 Å². The minimum Gasteiger partial charge on any atom is -0.493 e. The van der Waals surface area contributed by atoms with Gasteiger partial charge in [-0.15, -0.1) is 11.3 Å². The van der Waals surface area contributed by atoms with Crippen LogP contribution in [0.3, 0.4) is 0 Å². The van der Waals surface area contributed by atoms with Crippen LogP contribution >= 0.6 is 11.3 Å². The lowest BCUT2D eigenvalue weighted by Crippen LogP contribution is -2.25. The Morgan fingerprint density at radius 3 is 2.82 bits per heavy atom. The number of hydrogen-bond acceptors (Lipinski definition) is 6. The molecule has 1 heterocycles. The van der Waals surface area contributed by atoms with Crippen LogP contribution in [0.25, 0.3) is 0 Å². The third-order valence-electron chi connectivity index (χ3n) is 4.22. The fourth-order valence-corrected chi connectivity index (χ4v) is 4.35. The molecule has 148 valence electrons. The van der Waals surface area contributed by atoms with Crippen LogP contribution in [0.2, 0.25) is 0 Å². The van der Waals surface area contributed by atoms with Gasteiger partial charge in [0.25, 0.3) is 0 Å². The van der Waals surface area contributed by atoms with Crippen molar-refractivity contribution in [1.29, 1.82) is 0 Å². The Kier molecular flexibility index (Phi) is 6.65. The van der Waals surface area contributed by atoms with Gasteiger partial charge in [-0.1, -0.05) is 12.1 Å². The molecule has 2 N–H and O–H groups in total. The molecule has 2 amide bonds. The molecule has 1 aliphatic rings. The van der Waals surface area contributed by atoms with Crippen molar-refractivity contribution in [2.75, 3.05) is 18.5 Å². The number of hydrazone groups is 1. The summed E-state index contributed by atoms with van der Waals surface area (Å²) < 4.78 is 10.7. The second kappa shape index (κ2) is 9.36. The normalized spacial score (nSPS) is 12.6. The quantitative estimate of drug-likeness (QED) is 0.417. The van der Waals surface area contributed by atoms with E-state index in [4.69, 9.17) is 9.47 Å². The first kappa shape index (κ1) is 19.9. The Balaban J connectivity index is 1.68. The van der Waals surface area contributed by atoms with E-state index in [2.05, 4.69) is 15.8 Å². The highest BCUT2D eigenvalue weighted by Crippen LogP contribution is 2.39. The first-order valence-electron chi connectivity index (χ1n) is 9.27. The Bertz CT molecular complexity index is 892. The van der Waals surface area contributed by atoms with E-state index in [0.717, 1.165) is 35.3 Å². The number of ether oxygens (including phenoxy) is 2. The molecule has 7 nitrogen and oxygen atoms in total. The number of esters is 1. The highest BCUT2D eigenvalue weighted by Gasteiger charge is 2.28. The van der Waals surface area contributed by atoms with E-state index in [0.29, 0.717) is 29.5 Å². The number of carbonyl (C=O) groups is 2. The molecule has 0 aliphatic heterocycles. The van der Waals surface area contributed by atoms with Gasteiger partial charge >= 0.3 is 12.0 Å². The third kappa shape index (κ3) is 4.51. The molecule has 28 heavy (non-hydrogen) atoms. The molecule has 0 saturated carbocycles. The lowest BCUT2D eigenvalue weighted by Gasteiger charge is -2.08. The van der Waals surface area contributed by atoms with Gasteiger partial charge in [-0.2, -0.15) is 5.10 Å². The lowest BCUT2D eigenvalue weighted by atomic mass is 10.1. The monoisotopic (exact) mass is 401 g/mol. The molecule has 0 radical (unpaired) electrons. The van der Waals surface area contributed by atoms with Crippen LogP contribution in [0.1, 0.15) is 46.6 Å². The van der Waals surface area contributed by atoms with Crippen molar-refractivity contribution in [3.63, 3.8) is 0 Å². The number of nitrogens with zero attached hydrogens (tertiary/aromatic N) is 1. The summed E-state index contributed by atoms with van der Waals surface area (Å²) in [5.41, 5.74) is 4.65. The van der Waals surface area contributed by atoms with E-state index in [1.165, 1.54) is 17.6 Å². The molecule has 0 bridgehead atoms. The zero-order valence-corrected chi connectivity index (χ0v) is 16.7. The highest BCUT2D eigenvalue weighted by atomic mass is 32.1. The topological polar surface area (TPSA) is 89.0 Å². The van der Waals surface area contributed by atoms with Crippen LogP contribution in [0.15, 0.2) is 29.4 Å². The van der Waals surface area contributed by atoms with E-state index in [9.17, 15) is 9.59 Å². The zero-order chi connectivity index (χ0) is 19.9. The zero-order valence-electron chi connectivity index (χ0n) is 15.9. The summed E-state index contributed by atoms with van der Waals surface area (Å²) in [5.74, 6) is 0.293. The number of nitrogens with one attached hydrogen (secondary N) is 2. The maximum Gasteiger partial charge on any atom is 0.341 e. The number of urea groups is 1. The number of thiophene rings is 1. The largest absolute Gasteiger partial charge is 0.493 e. The van der Waals surface area contributed by atoms with Crippen LogP contribution < -0.4 is 15.5 Å². The summed E-state index contributed by atoms with van der Waals surface area (Å²) >= 11 is 1.43. The molecule has 3 rings (SSSR count). The number of amides is 2. The van der Waals surface area contributed by atoms with Crippen molar-refractivity contribution < 1.29 is 19.1 Å². The summed E-state index contributed by atoms with van der Waals surface area (Å²) in [7, 11) is 0. The molecular formula is C20H23N3O4S. The number of benzene rings is 1. The Labute approximate surface area is 167 Å². The van der Waals surface area contributed by atoms with Gasteiger partial charge < -0.3 is 9.47 Å². The summed E-state index contributed by atoms with van der Waals surface area (Å²) in [6.07, 6.45) is 4.28. The van der Waals surface area contributed by atoms with E-state index < -0.39 is 12.0 Å². The maximum absolute atomic E-state index is 12.3. The van der Waals surface area contributed by atoms with Crippen LogP contribution in [0.5, 0.6) is 5.75 Å². The number of hydrogen-bond donors (Lipinski definition) is 2. The van der Waals surface area contributed by atoms with Gasteiger partial charge in [-0.05, 0) is 50.8 Å². The number of para-hydroxylation sites is 1. The van der Waals surface area contributed by atoms with Crippen molar-refractivity contribution in [1.82, 2.24) is 5.43 Å². The standard InChI is InChI=1S/C20H23N3O4S/c1-3-26-15-10-6-5-8-13(15)12-21-23-20(25)22-18-17(19(24)27-4-2)14-9-7-11-16(14)28-18/h5-6,8,10,12H,3-4,7,9,11H2,1-2H3,(H2,22,23,25). The second-order valence-electron chi connectivity index (χ2n) is 6.08. The van der Waals surface area contributed by atoms with Crippen LogP contribution in [0.4, 0.5) is 9.80 Å². The molecule has 1 aromatic carbocycles. The Morgan fingerprint density at radius 2 is 2.04 bits per heavy atom. The number of fused-ring (bicyclic) bond motifs is 1. The molecule has 0 fully saturated rings. The first-order chi connectivity index (χ1) is 13.6. The van der Waals surface area contributed by atoms with E-state index >= 15 is 0 Å². The fraction of sp³-hybridized carbons (Fsp3) is 0.350. The van der Waals surface area contributed by atoms with E-state index in [1.807, 2.05) is 31.2 Å². The van der Waals surface area contributed by atoms with Gasteiger partial charge in [-0.3, -0.25) is 5.32 Å². The molecule has 0 unspecified atom stereocenters. The maximum atomic E-state index is 12.3. The highest BCUT2D eigenvalue weighted by molar-refractivity contribution is 7.17. The van der Waals surface area contributed by atoms with Gasteiger partial charge in [0, 0.05) is 10.4 Å². The minimum absolute atomic E-state index is 0.290. The first-order valence-corrected chi connectivity index (χ1v) is 10.1. The van der Waals surface area contributed by atoms with Crippen molar-refractivity contribution in [3.8, 4) is 5.75 Å². The molecule has 0 saturated heterocycles. The van der Waals surface area contributed by atoms with Crippen molar-refractivity contribution in [2.24, 2.45) is 5.10 Å². The molecule has 1 aromatic heterocycles. The average molecular weight is 401 g/mol. The molecule has 0 atom stereocenters. The lowest BCUT2D eigenvalue weighted by molar-refractivity contribution is 0.0527. The van der Waals surface area contributed by atoms with E-state index in [-0.39, 0.29) is 0 Å². The molecule has 2 aromatic rings. The van der Waals surface area contributed by atoms with Gasteiger partial charge in [0.15, 0.2) is 0 Å². The number of carbonyl (C=O) groups excluding carboxylic acids is 2. The van der Waals surface area contributed by atoms with E-state index in [1.54, 1.807) is 6.92 Å². The number of rotatable bonds is 7. The number of aryl methyl sites for hydroxylation is 1. The van der Waals surface area contributed by atoms with Crippen molar-refractivity contribution in [3.05, 3.63) is 45.8 Å². The Hall–Kier alpha value is -2.87. The summed E-state index contributed by atoms with van der Waals surface area (Å²) in [6, 6.07) is 6.90. The van der Waals surface area contributed by atoms with Crippen LogP contribution in [0, 0.1) is 0 Å². The van der Waals surface area contributed by atoms with Gasteiger partial charge in [-0.25, -0.2) is 15.0 Å². The minimum atomic E-state index is -0.518. The van der Waals surface area contributed by atoms with Crippen molar-refractivity contribution in [2.45, 2.75) is 33.1 Å². The third-order valence-corrected chi connectivity index (χ3v) is 5.42. The second-order valence-corrected chi connectivity index (χ2v) is 7.18. The van der Waals surface area contributed by atoms with Gasteiger partial charge in [0.05, 0.1) is 25.0 Å². The molecular weight excluding hydrogens is 378 g/mol. The predicted molar refractivity (Wildman–Crippen MR) is 110 cm³/mol. The summed E-state index contributed by atoms with van der Waals surface area (Å²) in [4.78, 5) is 25.7. The average Bonchev–Trinajstić information content (AvgIpc) is 3.24. The SMILES string of the molecule is CCOC(=O)c1c(NC(=O)NN=Cc2ccccc2OCC)sc2c1CCC2. The Morgan fingerprint density at radius 1 is 1.21 bits per heavy atom. The molecule has 0 spiro atoms. The predicted octanol–water partition coefficient (Wildman–Crippen LogP) is 3.97. The molecule has 8 heteroatoms. The summed E-state index contributed by atoms with van der Waals surface area (Å²) in [5, 5.41) is 7.21. The summed E-state index contributed by atoms with van der Waals surface area (Å²) in [6.45, 7) is 4.50. The number of anilines is 1. The smallest absolute Gasteiger partial charge is 0.341 e. The van der Waals surface area contributed by atoms with Crippen LogP contribution in [-0.4, -0.2) is 31.4 Å². The molecule has 1 aliphatic carbocycles. The van der Waals surface area contributed by atoms with Gasteiger partial charge in [0.1, 0.15) is 10.8 Å².